The van der Waals surface area contributed by atoms with Gasteiger partial charge in [0.15, 0.2) is 0 Å². The van der Waals surface area contributed by atoms with Crippen molar-refractivity contribution in [3.8, 4) is 22.3 Å². The van der Waals surface area contributed by atoms with Gasteiger partial charge in [0, 0.05) is 60.2 Å². The number of rotatable bonds is 7. The summed E-state index contributed by atoms with van der Waals surface area (Å²) in [5, 5.41) is 7.70. The Labute approximate surface area is 240 Å². The summed E-state index contributed by atoms with van der Waals surface area (Å²) in [5.41, 5.74) is 4.98. The molecular formula is C24H30B6F5N5O. The molecule has 0 saturated heterocycles. The largest absolute Gasteiger partial charge is 0.408 e. The van der Waals surface area contributed by atoms with Crippen molar-refractivity contribution in [2.24, 2.45) is 5.92 Å². The van der Waals surface area contributed by atoms with Gasteiger partial charge in [0.25, 0.3) is 0 Å². The van der Waals surface area contributed by atoms with Gasteiger partial charge in [0.2, 0.25) is 5.92 Å². The molecule has 0 N–H and O–H groups in total. The van der Waals surface area contributed by atoms with Crippen molar-refractivity contribution in [2.75, 3.05) is 0 Å². The average Bonchev–Trinajstić information content (AvgIpc) is 3.56. The number of alkyl halides is 5. The molecule has 0 amide bonds. The summed E-state index contributed by atoms with van der Waals surface area (Å²) in [7, 11) is 12.3. The fraction of sp³-hybridized carbons (Fsp3) is 0.458. The van der Waals surface area contributed by atoms with Gasteiger partial charge >= 0.3 is 6.18 Å². The highest BCUT2D eigenvalue weighted by molar-refractivity contribution is 6.60. The standard InChI is InChI=1S/C24H30B6F5N5O/c25-23(26,27)19-17(20(41-38-19)24(28,29)30)13-5-16-18(36-6-13)15(14-7-37-40(9-14)11-22(33,34)35)10-39(16)8-12-1-3-21(31,32)4-2-12/h5-7,9-10,12H,1-4,8,11,25-30H2. The number of hydrogen-bond donors (Lipinski definition) is 0. The lowest BCUT2D eigenvalue weighted by molar-refractivity contribution is -0.142. The maximum Gasteiger partial charge on any atom is 0.408 e. The van der Waals surface area contributed by atoms with Gasteiger partial charge in [0.1, 0.15) is 12.3 Å². The molecule has 17 heteroatoms. The molecule has 0 spiro atoms. The van der Waals surface area contributed by atoms with Crippen LogP contribution >= 0.6 is 0 Å². The van der Waals surface area contributed by atoms with E-state index in [9.17, 15) is 22.0 Å². The summed E-state index contributed by atoms with van der Waals surface area (Å²) >= 11 is 0. The minimum Gasteiger partial charge on any atom is -0.362 e. The minimum absolute atomic E-state index is 0.0422. The maximum atomic E-state index is 13.9. The lowest BCUT2D eigenvalue weighted by Gasteiger charge is -2.28. The monoisotopic (exact) mass is 565 g/mol. The molecule has 0 aliphatic heterocycles. The van der Waals surface area contributed by atoms with Crippen LogP contribution in [-0.4, -0.2) is 83.7 Å². The van der Waals surface area contributed by atoms with Crippen LogP contribution in [0.15, 0.2) is 35.4 Å². The normalized spacial score (nSPS) is 16.9. The van der Waals surface area contributed by atoms with Gasteiger partial charge < -0.3 is 9.09 Å². The number of hydrogen-bond acceptors (Lipinski definition) is 4. The zero-order chi connectivity index (χ0) is 30.0. The lowest BCUT2D eigenvalue weighted by Crippen LogP contribution is -2.30. The first-order valence-electron chi connectivity index (χ1n) is 13.9. The summed E-state index contributed by atoms with van der Waals surface area (Å²) < 4.78 is 75.5. The van der Waals surface area contributed by atoms with Crippen LogP contribution < -0.4 is 0 Å². The van der Waals surface area contributed by atoms with E-state index in [0.717, 1.165) is 32.8 Å². The van der Waals surface area contributed by atoms with Gasteiger partial charge in [-0.1, -0.05) is 15.4 Å². The van der Waals surface area contributed by atoms with Crippen molar-refractivity contribution in [3.63, 3.8) is 0 Å². The fourth-order valence-corrected chi connectivity index (χ4v) is 5.58. The van der Waals surface area contributed by atoms with E-state index in [1.807, 2.05) is 40.4 Å². The molecule has 0 radical (unpaired) electrons. The van der Waals surface area contributed by atoms with Crippen molar-refractivity contribution >= 4 is 58.1 Å². The fourth-order valence-electron chi connectivity index (χ4n) is 5.58. The Balaban J connectivity index is 1.64. The van der Waals surface area contributed by atoms with Crippen molar-refractivity contribution < 1.29 is 26.5 Å². The Morgan fingerprint density at radius 3 is 2.24 bits per heavy atom. The number of nitrogens with zero attached hydrogens (tertiary/aromatic N) is 5. The number of halogens is 5. The average molecular weight is 564 g/mol. The van der Waals surface area contributed by atoms with E-state index < -0.39 is 18.6 Å². The Morgan fingerprint density at radius 2 is 1.63 bits per heavy atom. The molecular weight excluding hydrogens is 534 g/mol. The summed E-state index contributed by atoms with van der Waals surface area (Å²) in [6.45, 7) is -0.700. The first-order chi connectivity index (χ1) is 18.9. The number of pyridine rings is 1. The predicted octanol–water partition coefficient (Wildman–Crippen LogP) is -0.0382. The lowest BCUT2D eigenvalue weighted by atomic mass is 9.39. The van der Waals surface area contributed by atoms with Crippen molar-refractivity contribution in [1.82, 2.24) is 24.5 Å². The topological polar surface area (TPSA) is 61.7 Å². The van der Waals surface area contributed by atoms with E-state index in [0.29, 0.717) is 36.0 Å². The van der Waals surface area contributed by atoms with E-state index in [1.165, 1.54) is 12.4 Å². The van der Waals surface area contributed by atoms with Gasteiger partial charge in [-0.05, 0) is 24.8 Å². The quantitative estimate of drug-likeness (QED) is 0.234. The minimum atomic E-state index is -4.40. The van der Waals surface area contributed by atoms with Crippen molar-refractivity contribution in [3.05, 3.63) is 42.3 Å². The second-order valence-electron chi connectivity index (χ2n) is 13.4. The molecule has 0 atom stereocenters. The molecule has 0 aromatic carbocycles. The van der Waals surface area contributed by atoms with E-state index in [-0.39, 0.29) is 29.0 Å². The third-order valence-electron chi connectivity index (χ3n) is 7.67. The SMILES string of the molecule is BC(B)(B)c1noc(C(B)(B)B)c1-c1cnc2c(-c3cnn(CC(F)(F)F)c3)cn(CC3CCC(F)(F)CC3)c2c1. The Bertz CT molecular complexity index is 1530. The highest BCUT2D eigenvalue weighted by atomic mass is 19.4. The molecule has 0 unspecified atom stereocenters. The molecule has 4 heterocycles. The Kier molecular flexibility index (Phi) is 7.34. The summed E-state index contributed by atoms with van der Waals surface area (Å²) in [6.07, 6.45) is 2.45. The van der Waals surface area contributed by atoms with Crippen LogP contribution in [0.3, 0.4) is 0 Å². The molecule has 1 fully saturated rings. The summed E-state index contributed by atoms with van der Waals surface area (Å²) in [4.78, 5) is 4.81. The first kappa shape index (κ1) is 29.6. The first-order valence-corrected chi connectivity index (χ1v) is 13.9. The van der Waals surface area contributed by atoms with Crippen molar-refractivity contribution in [2.45, 2.75) is 61.1 Å². The van der Waals surface area contributed by atoms with Crippen LogP contribution in [0.25, 0.3) is 33.3 Å². The molecule has 1 aliphatic carbocycles. The molecule has 41 heavy (non-hydrogen) atoms. The summed E-state index contributed by atoms with van der Waals surface area (Å²) in [5.74, 6) is -1.87. The molecule has 4 aromatic heterocycles. The molecule has 210 valence electrons. The second-order valence-corrected chi connectivity index (χ2v) is 13.4. The van der Waals surface area contributed by atoms with E-state index in [4.69, 9.17) is 9.51 Å². The molecule has 0 bridgehead atoms. The predicted molar refractivity (Wildman–Crippen MR) is 164 cm³/mol. The Hall–Kier alpha value is -2.85. The zero-order valence-electron chi connectivity index (χ0n) is 24.2. The van der Waals surface area contributed by atoms with Gasteiger partial charge in [0.05, 0.1) is 70.0 Å². The molecule has 1 aliphatic rings. The zero-order valence-corrected chi connectivity index (χ0v) is 24.2. The molecule has 4 aromatic rings. The van der Waals surface area contributed by atoms with E-state index in [1.54, 1.807) is 6.20 Å². The van der Waals surface area contributed by atoms with E-state index in [2.05, 4.69) is 33.8 Å². The van der Waals surface area contributed by atoms with Crippen LogP contribution in [0.4, 0.5) is 22.0 Å². The van der Waals surface area contributed by atoms with Crippen LogP contribution in [0.1, 0.15) is 37.1 Å². The number of aromatic nitrogens is 5. The van der Waals surface area contributed by atoms with Crippen LogP contribution in [-0.2, 0) is 23.3 Å². The Morgan fingerprint density at radius 1 is 0.951 bits per heavy atom. The van der Waals surface area contributed by atoms with Gasteiger partial charge in [-0.25, -0.2) is 8.78 Å². The van der Waals surface area contributed by atoms with Gasteiger partial charge in [-0.3, -0.25) is 9.67 Å². The molecule has 6 nitrogen and oxygen atoms in total. The molecule has 1 saturated carbocycles. The maximum absolute atomic E-state index is 13.9. The van der Waals surface area contributed by atoms with Crippen LogP contribution in [0, 0.1) is 5.92 Å². The highest BCUT2D eigenvalue weighted by Crippen LogP contribution is 2.40. The molecule has 5 rings (SSSR count). The highest BCUT2D eigenvalue weighted by Gasteiger charge is 2.36. The third-order valence-corrected chi connectivity index (χ3v) is 7.67. The van der Waals surface area contributed by atoms with Crippen LogP contribution in [0.5, 0.6) is 0 Å². The smallest absolute Gasteiger partial charge is 0.362 e. The third kappa shape index (κ3) is 6.33. The number of fused-ring (bicyclic) bond motifs is 1. The second kappa shape index (κ2) is 10.2. The van der Waals surface area contributed by atoms with Gasteiger partial charge in [-0.2, -0.15) is 18.3 Å². The van der Waals surface area contributed by atoms with Gasteiger partial charge in [-0.15, -0.1) is 0 Å². The van der Waals surface area contributed by atoms with E-state index >= 15 is 0 Å². The van der Waals surface area contributed by atoms with Crippen molar-refractivity contribution in [1.29, 1.82) is 0 Å². The summed E-state index contributed by atoms with van der Waals surface area (Å²) in [6, 6.07) is 2.00. The van der Waals surface area contributed by atoms with Crippen LogP contribution in [0.2, 0.25) is 0 Å².